The average Bonchev–Trinajstić information content (AvgIpc) is 1.50. The molecule has 0 saturated heterocycles. The Kier molecular flexibility index (Phi) is 118. The van der Waals surface area contributed by atoms with E-state index in [1.54, 1.807) is 0 Å². The molecule has 6 heteroatoms. The first kappa shape index (κ1) is 22.5. The summed E-state index contributed by atoms with van der Waals surface area (Å²) in [5, 5.41) is 0. The van der Waals surface area contributed by atoms with Gasteiger partial charge < -0.3 is 0 Å². The first-order valence-corrected chi connectivity index (χ1v) is 12.9. The molecule has 0 nitrogen and oxygen atoms in total. The molecule has 44 valence electrons. The van der Waals surface area contributed by atoms with Crippen molar-refractivity contribution in [1.82, 2.24) is 0 Å². The fourth-order valence-corrected chi connectivity index (χ4v) is 0. The second kappa shape index (κ2) is 31.4. The third-order valence-electron chi connectivity index (χ3n) is 0. The van der Waals surface area contributed by atoms with Crippen molar-refractivity contribution in [3.05, 3.63) is 0 Å². The Balaban J connectivity index is -0.00000000500. The molecule has 0 amide bonds. The van der Waals surface area contributed by atoms with Gasteiger partial charge in [0.25, 0.3) is 0 Å². The van der Waals surface area contributed by atoms with Crippen LogP contribution < -0.4 is 0 Å². The maximum atomic E-state index is 2.12. The minimum absolute atomic E-state index is 0. The molecule has 0 N–H and O–H groups in total. The van der Waals surface area contributed by atoms with Gasteiger partial charge >= 0.3 is 0 Å². The monoisotopic (exact) mass is 588 g/mol. The SMILES string of the molecule is II.II.[Ar].[Ar]. The van der Waals surface area contributed by atoms with E-state index in [9.17, 15) is 0 Å². The zero-order valence-electron chi connectivity index (χ0n) is 2.22. The molecular weight excluding hydrogens is 588 g/mol. The summed E-state index contributed by atoms with van der Waals surface area (Å²) in [7, 11) is 0. The first-order chi connectivity index (χ1) is 2.00. The molecule has 0 radical (unpaired) electrons. The van der Waals surface area contributed by atoms with Crippen LogP contribution >= 0.6 is 74.5 Å². The van der Waals surface area contributed by atoms with Gasteiger partial charge in [-0.25, -0.2) is 0 Å². The van der Waals surface area contributed by atoms with Gasteiger partial charge in [-0.15, -0.1) is 0 Å². The number of rotatable bonds is 0. The van der Waals surface area contributed by atoms with Gasteiger partial charge in [0.15, 0.2) is 0 Å². The van der Waals surface area contributed by atoms with Crippen LogP contribution in [0.15, 0.2) is 0 Å². The third-order valence-corrected chi connectivity index (χ3v) is 0. The van der Waals surface area contributed by atoms with Gasteiger partial charge in [-0.1, -0.05) is 0 Å². The predicted octanol–water partition coefficient (Wildman–Crippen LogP) is 3.54. The van der Waals surface area contributed by atoms with Gasteiger partial charge in [0, 0.05) is 150 Å². The summed E-state index contributed by atoms with van der Waals surface area (Å²) in [5.74, 6) is 0. The summed E-state index contributed by atoms with van der Waals surface area (Å²) in [4.78, 5) is 0. The van der Waals surface area contributed by atoms with Crippen LogP contribution in [0.4, 0.5) is 0 Å². The van der Waals surface area contributed by atoms with Crippen molar-refractivity contribution in [2.75, 3.05) is 0 Å². The van der Waals surface area contributed by atoms with Gasteiger partial charge in [0.1, 0.15) is 0 Å². The quantitative estimate of drug-likeness (QED) is 0.381. The maximum Gasteiger partial charge on any atom is 0 e. The zero-order chi connectivity index (χ0) is 4.00. The largest absolute Gasteiger partial charge is 0 e. The fourth-order valence-electron chi connectivity index (χ4n) is 0. The molecule has 0 heterocycles. The smallest absolute Gasteiger partial charge is 0 e. The Morgan fingerprint density at radius 3 is 0.500 bits per heavy atom. The van der Waals surface area contributed by atoms with E-state index in [1.165, 1.54) is 0 Å². The molecule has 0 spiro atoms. The summed E-state index contributed by atoms with van der Waals surface area (Å²) >= 11 is 8.48. The molecule has 0 saturated carbocycles. The third kappa shape index (κ3) is 22.7. The van der Waals surface area contributed by atoms with Gasteiger partial charge in [-0.3, -0.25) is 0 Å². The average molecular weight is 588 g/mol. The molecule has 0 unspecified atom stereocenters. The van der Waals surface area contributed by atoms with Crippen molar-refractivity contribution in [2.45, 2.75) is 0 Å². The van der Waals surface area contributed by atoms with E-state index in [-0.39, 0.29) is 75.5 Å². The van der Waals surface area contributed by atoms with E-state index in [0.29, 0.717) is 0 Å². The molecule has 0 aliphatic heterocycles. The Morgan fingerprint density at radius 1 is 0.500 bits per heavy atom. The van der Waals surface area contributed by atoms with Crippen molar-refractivity contribution in [2.24, 2.45) is 0 Å². The fraction of sp³-hybridized carbons (Fsp3) is 0. The van der Waals surface area contributed by atoms with Crippen LogP contribution in [0.2, 0.25) is 0 Å². The predicted molar refractivity (Wildman–Crippen MR) is 56.1 cm³/mol. The second-order valence-electron chi connectivity index (χ2n) is 0. The van der Waals surface area contributed by atoms with Gasteiger partial charge in [0.2, 0.25) is 0 Å². The van der Waals surface area contributed by atoms with Crippen LogP contribution in [0, 0.1) is 75.5 Å². The van der Waals surface area contributed by atoms with Crippen molar-refractivity contribution in [1.29, 1.82) is 0 Å². The molecule has 0 bridgehead atoms. The number of hydrogen-bond acceptors (Lipinski definition) is 0. The van der Waals surface area contributed by atoms with Crippen molar-refractivity contribution in [3.63, 3.8) is 0 Å². The van der Waals surface area contributed by atoms with E-state index < -0.39 is 0 Å². The molecule has 0 fully saturated rings. The first-order valence-electron chi connectivity index (χ1n) is 0.286. The van der Waals surface area contributed by atoms with E-state index >= 15 is 0 Å². The van der Waals surface area contributed by atoms with Crippen LogP contribution in [0.5, 0.6) is 0 Å². The Morgan fingerprint density at radius 2 is 0.500 bits per heavy atom. The summed E-state index contributed by atoms with van der Waals surface area (Å²) < 4.78 is 0. The summed E-state index contributed by atoms with van der Waals surface area (Å²) in [5.41, 5.74) is 0. The van der Waals surface area contributed by atoms with Crippen LogP contribution in [0.1, 0.15) is 0 Å². The minimum atomic E-state index is 0. The minimum Gasteiger partial charge on any atom is 0 e. The summed E-state index contributed by atoms with van der Waals surface area (Å²) in [6.07, 6.45) is 0. The van der Waals surface area contributed by atoms with Crippen LogP contribution in [-0.4, -0.2) is 0 Å². The van der Waals surface area contributed by atoms with Crippen molar-refractivity contribution in [3.8, 4) is 0 Å². The molecular formula is Ar2I4. The summed E-state index contributed by atoms with van der Waals surface area (Å²) in [6, 6.07) is 0. The Bertz CT molecular complexity index is 5.51. The van der Waals surface area contributed by atoms with Crippen LogP contribution in [0.3, 0.4) is 0 Å². The van der Waals surface area contributed by atoms with E-state index in [0.717, 1.165) is 0 Å². The normalized spacial score (nSPS) is 2.00. The van der Waals surface area contributed by atoms with Gasteiger partial charge in [-0.05, 0) is 0 Å². The van der Waals surface area contributed by atoms with Crippen LogP contribution in [-0.2, 0) is 0 Å². The summed E-state index contributed by atoms with van der Waals surface area (Å²) in [6.45, 7) is 0. The molecule has 6 heavy (non-hydrogen) atoms. The van der Waals surface area contributed by atoms with Crippen LogP contribution in [0.25, 0.3) is 0 Å². The van der Waals surface area contributed by atoms with Gasteiger partial charge in [0.05, 0.1) is 0 Å². The Labute approximate surface area is 145 Å². The molecule has 0 rings (SSSR count). The number of halogens is 4. The van der Waals surface area contributed by atoms with Gasteiger partial charge in [-0.2, -0.15) is 0 Å². The van der Waals surface area contributed by atoms with E-state index in [4.69, 9.17) is 0 Å². The molecule has 0 aliphatic carbocycles. The topological polar surface area (TPSA) is 0 Å². The molecule has 0 aliphatic rings. The zero-order valence-corrected chi connectivity index (χ0v) is 12.3. The Hall–Kier alpha value is 5.44. The second-order valence-corrected chi connectivity index (χ2v) is 0. The molecule has 0 atom stereocenters. The number of hydrogen-bond donors (Lipinski definition) is 0. The van der Waals surface area contributed by atoms with E-state index in [2.05, 4.69) is 74.5 Å². The maximum absolute atomic E-state index is 2.12. The van der Waals surface area contributed by atoms with Crippen molar-refractivity contribution >= 4 is 74.5 Å². The molecule has 0 aromatic rings. The van der Waals surface area contributed by atoms with Crippen molar-refractivity contribution < 1.29 is 75.5 Å². The standard InChI is InChI=1S/2Ar.2I2/c;;2*1-2. The molecule has 0 aromatic carbocycles. The molecule has 0 aromatic heterocycles. The van der Waals surface area contributed by atoms with E-state index in [1.807, 2.05) is 0 Å².